The van der Waals surface area contributed by atoms with Gasteiger partial charge in [-0.25, -0.2) is 14.4 Å². The van der Waals surface area contributed by atoms with Crippen LogP contribution in [0.5, 0.6) is 0 Å². The Morgan fingerprint density at radius 3 is 1.62 bits per heavy atom. The number of hydrogen-bond acceptors (Lipinski definition) is 4. The van der Waals surface area contributed by atoms with Gasteiger partial charge in [0.25, 0.3) is 0 Å². The Bertz CT molecular complexity index is 3490. The van der Waals surface area contributed by atoms with Crippen LogP contribution in [0.2, 0.25) is 0 Å². The summed E-state index contributed by atoms with van der Waals surface area (Å²) in [4.78, 5) is 13.0. The van der Waals surface area contributed by atoms with Gasteiger partial charge < -0.3 is 9.32 Å². The number of imidazole rings is 4. The first kappa shape index (κ1) is 27.4. The maximum atomic E-state index is 6.67. The predicted molar refractivity (Wildman–Crippen MR) is 216 cm³/mol. The number of fused-ring (bicyclic) bond motifs is 15. The van der Waals surface area contributed by atoms with Crippen molar-refractivity contribution in [2.75, 3.05) is 4.90 Å². The topological polar surface area (TPSA) is 55.4 Å². The molecule has 7 heteroatoms. The first-order valence-corrected chi connectivity index (χ1v) is 17.8. The van der Waals surface area contributed by atoms with Crippen LogP contribution >= 0.6 is 0 Å². The SMILES string of the molecule is c1ccc(N(c2cc3c4c(c2)n2c5cc6ccccc6cc5nc2n4c2nc4cc5ccccc5cc4n32)c2cccc3c2oc2ccccc23)cc1. The molecule has 8 aromatic carbocycles. The molecule has 5 aromatic heterocycles. The lowest BCUT2D eigenvalue weighted by Crippen LogP contribution is -2.10. The molecule has 0 bridgehead atoms. The van der Waals surface area contributed by atoms with Crippen molar-refractivity contribution in [3.63, 3.8) is 0 Å². The molecule has 0 radical (unpaired) electrons. The van der Waals surface area contributed by atoms with Gasteiger partial charge in [0.1, 0.15) is 11.1 Å². The highest BCUT2D eigenvalue weighted by atomic mass is 16.3. The highest BCUT2D eigenvalue weighted by Crippen LogP contribution is 2.45. The van der Waals surface area contributed by atoms with Gasteiger partial charge in [0.2, 0.25) is 11.6 Å². The van der Waals surface area contributed by atoms with Crippen molar-refractivity contribution in [3.05, 3.63) is 158 Å². The summed E-state index contributed by atoms with van der Waals surface area (Å²) in [5.41, 5.74) is 11.9. The van der Waals surface area contributed by atoms with E-state index in [0.29, 0.717) is 0 Å². The molecule has 0 aliphatic carbocycles. The second-order valence-corrected chi connectivity index (χ2v) is 14.0. The molecule has 0 atom stereocenters. The van der Waals surface area contributed by atoms with Crippen molar-refractivity contribution in [2.45, 2.75) is 0 Å². The largest absolute Gasteiger partial charge is 0.454 e. The zero-order valence-electron chi connectivity index (χ0n) is 28.1. The van der Waals surface area contributed by atoms with E-state index in [-0.39, 0.29) is 0 Å². The third-order valence-corrected chi connectivity index (χ3v) is 11.1. The average molecular weight is 679 g/mol. The van der Waals surface area contributed by atoms with Crippen molar-refractivity contribution in [1.29, 1.82) is 0 Å². The highest BCUT2D eigenvalue weighted by Gasteiger charge is 2.27. The lowest BCUT2D eigenvalue weighted by atomic mass is 10.1. The number of hydrogen-bond donors (Lipinski definition) is 0. The second kappa shape index (κ2) is 9.69. The van der Waals surface area contributed by atoms with Gasteiger partial charge in [0, 0.05) is 16.5 Å². The minimum absolute atomic E-state index is 0.841. The van der Waals surface area contributed by atoms with Crippen molar-refractivity contribution in [3.8, 4) is 0 Å². The fourth-order valence-electron chi connectivity index (χ4n) is 8.77. The predicted octanol–water partition coefficient (Wildman–Crippen LogP) is 11.8. The van der Waals surface area contributed by atoms with Gasteiger partial charge in [-0.15, -0.1) is 0 Å². The Morgan fingerprint density at radius 2 is 0.981 bits per heavy atom. The third kappa shape index (κ3) is 3.53. The van der Waals surface area contributed by atoms with E-state index in [9.17, 15) is 0 Å². The van der Waals surface area contributed by atoms with Crippen LogP contribution < -0.4 is 4.90 Å². The van der Waals surface area contributed by atoms with E-state index in [0.717, 1.165) is 89.2 Å². The molecule has 0 unspecified atom stereocenters. The van der Waals surface area contributed by atoms with Crippen molar-refractivity contribution in [2.24, 2.45) is 0 Å². The van der Waals surface area contributed by atoms with E-state index < -0.39 is 0 Å². The highest BCUT2D eigenvalue weighted by molar-refractivity contribution is 6.12. The molecule has 0 saturated carbocycles. The van der Waals surface area contributed by atoms with E-state index in [1.54, 1.807) is 0 Å². The summed E-state index contributed by atoms with van der Waals surface area (Å²) in [7, 11) is 0. The molecule has 0 aliphatic rings. The number of rotatable bonds is 3. The molecular formula is C46H26N6O. The number of anilines is 3. The molecule has 0 aliphatic heterocycles. The minimum atomic E-state index is 0.841. The Hall–Kier alpha value is -7.38. The maximum Gasteiger partial charge on any atom is 0.223 e. The molecular weight excluding hydrogens is 653 g/mol. The van der Waals surface area contributed by atoms with Crippen LogP contribution in [0.3, 0.4) is 0 Å². The molecule has 13 aromatic rings. The monoisotopic (exact) mass is 678 g/mol. The summed E-state index contributed by atoms with van der Waals surface area (Å²) in [6.07, 6.45) is 0. The van der Waals surface area contributed by atoms with Gasteiger partial charge in [-0.05, 0) is 82.2 Å². The average Bonchev–Trinajstić information content (AvgIpc) is 3.99. The minimum Gasteiger partial charge on any atom is -0.454 e. The Labute approximate surface area is 300 Å². The quantitative estimate of drug-likeness (QED) is 0.187. The Balaban J connectivity index is 1.22. The van der Waals surface area contributed by atoms with Crippen molar-refractivity contribution in [1.82, 2.24) is 23.2 Å². The molecule has 7 nitrogen and oxygen atoms in total. The zero-order valence-corrected chi connectivity index (χ0v) is 28.1. The van der Waals surface area contributed by atoms with Gasteiger partial charge >= 0.3 is 0 Å². The summed E-state index contributed by atoms with van der Waals surface area (Å²) < 4.78 is 13.5. The fraction of sp³-hybridized carbons (Fsp3) is 0. The lowest BCUT2D eigenvalue weighted by molar-refractivity contribution is 0.669. The molecule has 0 saturated heterocycles. The van der Waals surface area contributed by atoms with Crippen LogP contribution in [0.15, 0.2) is 162 Å². The van der Waals surface area contributed by atoms with Crippen molar-refractivity contribution >= 4 is 111 Å². The van der Waals surface area contributed by atoms with Crippen LogP contribution in [0.25, 0.3) is 93.7 Å². The summed E-state index contributed by atoms with van der Waals surface area (Å²) in [6.45, 7) is 0. The molecule has 0 spiro atoms. The van der Waals surface area contributed by atoms with Crippen molar-refractivity contribution < 1.29 is 4.42 Å². The number of aromatic nitrogens is 5. The van der Waals surface area contributed by atoms with E-state index in [1.165, 1.54) is 21.5 Å². The third-order valence-electron chi connectivity index (χ3n) is 11.1. The number of nitrogens with zero attached hydrogens (tertiary/aromatic N) is 6. The van der Waals surface area contributed by atoms with Crippen LogP contribution in [0, 0.1) is 0 Å². The lowest BCUT2D eigenvalue weighted by Gasteiger charge is -2.25. The van der Waals surface area contributed by atoms with E-state index >= 15 is 0 Å². The molecule has 0 amide bonds. The van der Waals surface area contributed by atoms with Gasteiger partial charge in [-0.3, -0.25) is 8.80 Å². The summed E-state index contributed by atoms with van der Waals surface area (Å²) >= 11 is 0. The number of furan rings is 1. The standard InChI is InChI=1S/C46H26N6O/c1-2-15-31(16-3-1)49(37-19-10-18-34-33-17-8-9-20-42(33)53-44(34)37)32-25-40-43-41(26-32)51-39-24-30-14-7-5-12-28(30)22-36(39)48-46(51)52(43)45-47-35-21-27-11-4-6-13-29(27)23-38(35)50(40)45/h1-26H. The van der Waals surface area contributed by atoms with Gasteiger partial charge in [0.15, 0.2) is 5.58 Å². The maximum absolute atomic E-state index is 6.67. The van der Waals surface area contributed by atoms with Gasteiger partial charge in [-0.1, -0.05) is 97.1 Å². The van der Waals surface area contributed by atoms with Gasteiger partial charge in [0.05, 0.1) is 44.5 Å². The first-order valence-electron chi connectivity index (χ1n) is 17.8. The molecule has 5 heterocycles. The normalized spacial score (nSPS) is 12.5. The van der Waals surface area contributed by atoms with Crippen LogP contribution in [0.1, 0.15) is 0 Å². The Morgan fingerprint density at radius 1 is 0.434 bits per heavy atom. The van der Waals surface area contributed by atoms with E-state index in [2.05, 4.69) is 164 Å². The number of para-hydroxylation sites is 3. The van der Waals surface area contributed by atoms with Crippen LogP contribution in [-0.4, -0.2) is 23.2 Å². The zero-order chi connectivity index (χ0) is 34.4. The van der Waals surface area contributed by atoms with E-state index in [1.807, 2.05) is 12.1 Å². The second-order valence-electron chi connectivity index (χ2n) is 14.0. The summed E-state index contributed by atoms with van der Waals surface area (Å²) in [6, 6.07) is 55.8. The number of benzene rings is 8. The van der Waals surface area contributed by atoms with Crippen LogP contribution in [-0.2, 0) is 0 Å². The summed E-state index contributed by atoms with van der Waals surface area (Å²) in [5, 5.41) is 6.88. The summed E-state index contributed by atoms with van der Waals surface area (Å²) in [5.74, 6) is 1.68. The molecule has 0 fully saturated rings. The fourth-order valence-corrected chi connectivity index (χ4v) is 8.77. The molecule has 13 rings (SSSR count). The molecule has 246 valence electrons. The van der Waals surface area contributed by atoms with Crippen LogP contribution in [0.4, 0.5) is 17.1 Å². The Kier molecular flexibility index (Phi) is 5.00. The van der Waals surface area contributed by atoms with Gasteiger partial charge in [-0.2, -0.15) is 0 Å². The molecule has 0 N–H and O–H groups in total. The smallest absolute Gasteiger partial charge is 0.223 e. The molecule has 53 heavy (non-hydrogen) atoms. The first-order chi connectivity index (χ1) is 26.3. The van der Waals surface area contributed by atoms with E-state index in [4.69, 9.17) is 14.4 Å².